The summed E-state index contributed by atoms with van der Waals surface area (Å²) in [7, 11) is 0. The number of fused-ring (bicyclic) bond motifs is 6. The van der Waals surface area contributed by atoms with Crippen LogP contribution in [0, 0.1) is 0 Å². The summed E-state index contributed by atoms with van der Waals surface area (Å²) in [6.45, 7) is 7.05. The van der Waals surface area contributed by atoms with Crippen LogP contribution >= 0.6 is 0 Å². The highest BCUT2D eigenvalue weighted by molar-refractivity contribution is 6.13. The van der Waals surface area contributed by atoms with Gasteiger partial charge in [0.05, 0.1) is 22.1 Å². The molecule has 0 N–H and O–H groups in total. The first-order valence-electron chi connectivity index (χ1n) is 17.3. The van der Waals surface area contributed by atoms with E-state index in [0.717, 1.165) is 6.42 Å². The van der Waals surface area contributed by atoms with Gasteiger partial charge in [0.1, 0.15) is 0 Å². The third-order valence-corrected chi connectivity index (χ3v) is 10.6. The zero-order valence-corrected chi connectivity index (χ0v) is 28.2. The van der Waals surface area contributed by atoms with Crippen molar-refractivity contribution in [1.29, 1.82) is 0 Å². The summed E-state index contributed by atoms with van der Waals surface area (Å²) in [6, 6.07) is 60.1. The average Bonchev–Trinajstić information content (AvgIpc) is 3.67. The molecule has 9 aromatic rings. The zero-order valence-electron chi connectivity index (χ0n) is 28.2. The molecule has 0 aliphatic heterocycles. The number of nitrogens with zero attached hydrogens (tertiary/aromatic N) is 2. The van der Waals surface area contributed by atoms with E-state index in [1.54, 1.807) is 0 Å². The van der Waals surface area contributed by atoms with Gasteiger partial charge in [0.2, 0.25) is 0 Å². The Morgan fingerprint density at radius 2 is 0.878 bits per heavy atom. The van der Waals surface area contributed by atoms with Gasteiger partial charge in [-0.3, -0.25) is 0 Å². The monoisotopic (exact) mass is 630 g/mol. The molecule has 0 amide bonds. The van der Waals surface area contributed by atoms with Crippen LogP contribution in [0.1, 0.15) is 32.8 Å². The molecule has 2 heterocycles. The van der Waals surface area contributed by atoms with Crippen molar-refractivity contribution in [3.05, 3.63) is 169 Å². The standard InChI is InChI=1S/C47H38N2/c1-4-47(2,3)42-31-46-41(30-38(42)32-16-8-5-9-17-32)40-29-34(25-27-45(40)49(46)36-20-12-7-13-21-36)33-24-26-44-39(28-33)37-22-14-15-23-43(37)48(44)35-18-10-6-11-19-35/h5-31H,4H2,1-3H3. The van der Waals surface area contributed by atoms with Crippen LogP contribution < -0.4 is 0 Å². The van der Waals surface area contributed by atoms with Gasteiger partial charge in [-0.25, -0.2) is 0 Å². The summed E-state index contributed by atoms with van der Waals surface area (Å²) in [5, 5.41) is 5.07. The van der Waals surface area contributed by atoms with Crippen LogP contribution in [0.3, 0.4) is 0 Å². The minimum atomic E-state index is 0.0108. The van der Waals surface area contributed by atoms with E-state index in [1.165, 1.54) is 82.8 Å². The molecule has 0 radical (unpaired) electrons. The number of benzene rings is 7. The Hall–Kier alpha value is -5.86. The predicted octanol–water partition coefficient (Wildman–Crippen LogP) is 12.9. The SMILES string of the molecule is CCC(C)(C)c1cc2c(cc1-c1ccccc1)c1cc(-c3ccc4c(c3)c3ccccc3n4-c3ccccc3)ccc1n2-c1ccccc1. The maximum atomic E-state index is 2.47. The Kier molecular flexibility index (Phi) is 6.81. The van der Waals surface area contributed by atoms with Crippen molar-refractivity contribution in [3.63, 3.8) is 0 Å². The highest BCUT2D eigenvalue weighted by Gasteiger charge is 2.25. The van der Waals surface area contributed by atoms with Crippen LogP contribution in [0.5, 0.6) is 0 Å². The average molecular weight is 631 g/mol. The van der Waals surface area contributed by atoms with Gasteiger partial charge in [0, 0.05) is 32.9 Å². The molecule has 2 nitrogen and oxygen atoms in total. The second-order valence-electron chi connectivity index (χ2n) is 13.8. The smallest absolute Gasteiger partial charge is 0.0544 e. The molecular formula is C47H38N2. The molecule has 236 valence electrons. The van der Waals surface area contributed by atoms with E-state index in [9.17, 15) is 0 Å². The predicted molar refractivity (Wildman–Crippen MR) is 209 cm³/mol. The van der Waals surface area contributed by atoms with E-state index >= 15 is 0 Å². The lowest BCUT2D eigenvalue weighted by molar-refractivity contribution is 0.508. The molecule has 49 heavy (non-hydrogen) atoms. The summed E-state index contributed by atoms with van der Waals surface area (Å²) < 4.78 is 4.83. The highest BCUT2D eigenvalue weighted by atomic mass is 15.0. The van der Waals surface area contributed by atoms with Gasteiger partial charge < -0.3 is 9.13 Å². The van der Waals surface area contributed by atoms with Crippen molar-refractivity contribution in [2.75, 3.05) is 0 Å². The molecular weight excluding hydrogens is 593 g/mol. The fraction of sp³-hybridized carbons (Fsp3) is 0.106. The lowest BCUT2D eigenvalue weighted by atomic mass is 9.77. The normalized spacial score (nSPS) is 12.1. The largest absolute Gasteiger partial charge is 0.309 e. The molecule has 7 aromatic carbocycles. The van der Waals surface area contributed by atoms with Crippen LogP contribution in [0.2, 0.25) is 0 Å². The molecule has 0 unspecified atom stereocenters. The summed E-state index contributed by atoms with van der Waals surface area (Å²) in [5.74, 6) is 0. The molecule has 0 aliphatic carbocycles. The van der Waals surface area contributed by atoms with Gasteiger partial charge in [0.15, 0.2) is 0 Å². The molecule has 0 fully saturated rings. The van der Waals surface area contributed by atoms with Crippen molar-refractivity contribution in [1.82, 2.24) is 9.13 Å². The Labute approximate surface area is 287 Å². The summed E-state index contributed by atoms with van der Waals surface area (Å²) in [6.07, 6.45) is 1.05. The van der Waals surface area contributed by atoms with Crippen LogP contribution in [0.15, 0.2) is 164 Å². The fourth-order valence-corrected chi connectivity index (χ4v) is 7.71. The van der Waals surface area contributed by atoms with Gasteiger partial charge in [0.25, 0.3) is 0 Å². The summed E-state index contributed by atoms with van der Waals surface area (Å²) >= 11 is 0. The van der Waals surface area contributed by atoms with Gasteiger partial charge >= 0.3 is 0 Å². The molecule has 2 heteroatoms. The topological polar surface area (TPSA) is 9.86 Å². The lowest BCUT2D eigenvalue weighted by Gasteiger charge is -2.27. The van der Waals surface area contributed by atoms with Crippen molar-refractivity contribution in [2.45, 2.75) is 32.6 Å². The molecule has 0 saturated carbocycles. The number of para-hydroxylation sites is 3. The first-order valence-corrected chi connectivity index (χ1v) is 17.3. The van der Waals surface area contributed by atoms with Crippen molar-refractivity contribution < 1.29 is 0 Å². The molecule has 0 atom stereocenters. The maximum absolute atomic E-state index is 2.47. The number of rotatable bonds is 6. The number of aromatic nitrogens is 2. The molecule has 9 rings (SSSR count). The van der Waals surface area contributed by atoms with Gasteiger partial charge in [-0.15, -0.1) is 0 Å². The lowest BCUT2D eigenvalue weighted by Crippen LogP contribution is -2.17. The maximum Gasteiger partial charge on any atom is 0.0544 e. The van der Waals surface area contributed by atoms with Gasteiger partial charge in [-0.1, -0.05) is 118 Å². The third kappa shape index (κ3) is 4.70. The van der Waals surface area contributed by atoms with Crippen LogP contribution in [0.4, 0.5) is 0 Å². The Bertz CT molecular complexity index is 2640. The van der Waals surface area contributed by atoms with E-state index in [4.69, 9.17) is 0 Å². The molecule has 0 saturated heterocycles. The third-order valence-electron chi connectivity index (χ3n) is 10.6. The summed E-state index contributed by atoms with van der Waals surface area (Å²) in [4.78, 5) is 0. The molecule has 2 aromatic heterocycles. The Balaban J connectivity index is 1.31. The van der Waals surface area contributed by atoms with E-state index in [0.29, 0.717) is 0 Å². The van der Waals surface area contributed by atoms with Crippen molar-refractivity contribution >= 4 is 43.6 Å². The quantitative estimate of drug-likeness (QED) is 0.173. The van der Waals surface area contributed by atoms with Gasteiger partial charge in [-0.2, -0.15) is 0 Å². The van der Waals surface area contributed by atoms with E-state index in [1.807, 2.05) is 0 Å². The number of hydrogen-bond donors (Lipinski definition) is 0. The molecule has 0 bridgehead atoms. The Morgan fingerprint density at radius 3 is 1.47 bits per heavy atom. The van der Waals surface area contributed by atoms with Crippen LogP contribution in [-0.4, -0.2) is 9.13 Å². The first kappa shape index (κ1) is 29.3. The van der Waals surface area contributed by atoms with Gasteiger partial charge in [-0.05, 0) is 106 Å². The van der Waals surface area contributed by atoms with E-state index < -0.39 is 0 Å². The van der Waals surface area contributed by atoms with Crippen molar-refractivity contribution in [3.8, 4) is 33.6 Å². The van der Waals surface area contributed by atoms with Crippen LogP contribution in [0.25, 0.3) is 77.2 Å². The highest BCUT2D eigenvalue weighted by Crippen LogP contribution is 2.43. The second-order valence-corrected chi connectivity index (χ2v) is 13.8. The fourth-order valence-electron chi connectivity index (χ4n) is 7.71. The number of hydrogen-bond acceptors (Lipinski definition) is 0. The van der Waals surface area contributed by atoms with E-state index in [-0.39, 0.29) is 5.41 Å². The zero-order chi connectivity index (χ0) is 33.1. The minimum absolute atomic E-state index is 0.0108. The molecule has 0 spiro atoms. The first-order chi connectivity index (χ1) is 24.0. The van der Waals surface area contributed by atoms with Crippen LogP contribution in [-0.2, 0) is 5.41 Å². The second kappa shape index (κ2) is 11.4. The summed E-state index contributed by atoms with van der Waals surface area (Å²) in [5.41, 5.74) is 13.7. The molecule has 0 aliphatic rings. The van der Waals surface area contributed by atoms with E-state index in [2.05, 4.69) is 194 Å². The Morgan fingerprint density at radius 1 is 0.408 bits per heavy atom. The van der Waals surface area contributed by atoms with Crippen molar-refractivity contribution in [2.24, 2.45) is 0 Å². The minimum Gasteiger partial charge on any atom is -0.309 e.